The van der Waals surface area contributed by atoms with E-state index in [1.165, 1.54) is 0 Å². The van der Waals surface area contributed by atoms with Gasteiger partial charge in [0, 0.05) is 32.7 Å². The molecule has 1 N–H and O–H groups in total. The van der Waals surface area contributed by atoms with Gasteiger partial charge < -0.3 is 15.1 Å². The molecule has 1 aliphatic rings. The van der Waals surface area contributed by atoms with Gasteiger partial charge in [-0.2, -0.15) is 0 Å². The fraction of sp³-hybridized carbons (Fsp3) is 0.917. The minimum Gasteiger partial charge on any atom is -0.338 e. The van der Waals surface area contributed by atoms with Gasteiger partial charge in [0.1, 0.15) is 0 Å². The second-order valence-electron chi connectivity index (χ2n) is 4.67. The smallest absolute Gasteiger partial charge is 0.317 e. The lowest BCUT2D eigenvalue weighted by atomic mass is 9.93. The number of amides is 2. The van der Waals surface area contributed by atoms with Crippen molar-refractivity contribution in [2.45, 2.75) is 33.2 Å². The summed E-state index contributed by atoms with van der Waals surface area (Å²) in [7, 11) is 1.91. The Kier molecular flexibility index (Phi) is 5.06. The van der Waals surface area contributed by atoms with Gasteiger partial charge in [-0.1, -0.05) is 13.8 Å². The number of piperidine rings is 1. The van der Waals surface area contributed by atoms with E-state index in [0.29, 0.717) is 18.5 Å². The monoisotopic (exact) mass is 227 g/mol. The van der Waals surface area contributed by atoms with E-state index in [1.54, 1.807) is 0 Å². The quantitative estimate of drug-likeness (QED) is 0.790. The van der Waals surface area contributed by atoms with Gasteiger partial charge in [0.05, 0.1) is 0 Å². The van der Waals surface area contributed by atoms with Crippen LogP contribution >= 0.6 is 0 Å². The van der Waals surface area contributed by atoms with Crippen molar-refractivity contribution in [3.8, 4) is 0 Å². The van der Waals surface area contributed by atoms with Gasteiger partial charge in [0.2, 0.25) is 0 Å². The van der Waals surface area contributed by atoms with Crippen LogP contribution in [0.5, 0.6) is 0 Å². The molecule has 0 aromatic rings. The molecule has 0 radical (unpaired) electrons. The summed E-state index contributed by atoms with van der Waals surface area (Å²) in [6.45, 7) is 10.4. The summed E-state index contributed by atoms with van der Waals surface area (Å²) in [6.07, 6.45) is 1.09. The molecule has 0 bridgehead atoms. The molecule has 94 valence electrons. The van der Waals surface area contributed by atoms with Crippen molar-refractivity contribution in [2.75, 3.05) is 33.2 Å². The van der Waals surface area contributed by atoms with Gasteiger partial charge in [-0.05, 0) is 25.8 Å². The Hall–Kier alpha value is -0.770. The van der Waals surface area contributed by atoms with Crippen molar-refractivity contribution < 1.29 is 4.79 Å². The van der Waals surface area contributed by atoms with Crippen molar-refractivity contribution >= 4 is 6.03 Å². The molecule has 4 nitrogen and oxygen atoms in total. The molecule has 1 heterocycles. The number of likely N-dealkylation sites (tertiary alicyclic amines) is 1. The fourth-order valence-corrected chi connectivity index (χ4v) is 2.51. The van der Waals surface area contributed by atoms with Crippen molar-refractivity contribution in [1.82, 2.24) is 15.1 Å². The van der Waals surface area contributed by atoms with Crippen LogP contribution in [-0.4, -0.2) is 55.1 Å². The molecule has 0 spiro atoms. The summed E-state index contributed by atoms with van der Waals surface area (Å²) in [5.74, 6) is 0.557. The second-order valence-corrected chi connectivity index (χ2v) is 4.67. The highest BCUT2D eigenvalue weighted by Crippen LogP contribution is 2.20. The number of nitrogens with zero attached hydrogens (tertiary/aromatic N) is 2. The summed E-state index contributed by atoms with van der Waals surface area (Å²) in [6, 6.07) is 0.443. The first kappa shape index (κ1) is 13.3. The van der Waals surface area contributed by atoms with Gasteiger partial charge in [0.25, 0.3) is 0 Å². The van der Waals surface area contributed by atoms with Crippen LogP contribution in [0, 0.1) is 5.92 Å². The molecule has 1 saturated heterocycles. The Labute approximate surface area is 99.0 Å². The van der Waals surface area contributed by atoms with Crippen LogP contribution in [0.4, 0.5) is 4.79 Å². The molecule has 0 aromatic carbocycles. The lowest BCUT2D eigenvalue weighted by molar-refractivity contribution is 0.0966. The van der Waals surface area contributed by atoms with Crippen molar-refractivity contribution in [1.29, 1.82) is 0 Å². The highest BCUT2D eigenvalue weighted by atomic mass is 16.2. The molecule has 16 heavy (non-hydrogen) atoms. The van der Waals surface area contributed by atoms with Crippen LogP contribution < -0.4 is 5.32 Å². The molecule has 2 amide bonds. The topological polar surface area (TPSA) is 35.6 Å². The largest absolute Gasteiger partial charge is 0.338 e. The number of carbonyl (C=O) groups excluding carboxylic acids is 1. The lowest BCUT2D eigenvalue weighted by Crippen LogP contribution is -2.52. The fourth-order valence-electron chi connectivity index (χ4n) is 2.51. The molecule has 1 aliphatic heterocycles. The third-order valence-electron chi connectivity index (χ3n) is 3.54. The van der Waals surface area contributed by atoms with E-state index in [2.05, 4.69) is 24.1 Å². The molecule has 1 rings (SSSR count). The molecular weight excluding hydrogens is 202 g/mol. The lowest BCUT2D eigenvalue weighted by Gasteiger charge is -2.40. The Morgan fingerprint density at radius 2 is 2.19 bits per heavy atom. The van der Waals surface area contributed by atoms with E-state index >= 15 is 0 Å². The first-order valence-corrected chi connectivity index (χ1v) is 6.33. The number of hydrogen-bond donors (Lipinski definition) is 1. The SMILES string of the molecule is CCNC(=O)N(C)C1CCN(CC)CC1C. The first-order valence-electron chi connectivity index (χ1n) is 6.33. The summed E-state index contributed by atoms with van der Waals surface area (Å²) < 4.78 is 0. The van der Waals surface area contributed by atoms with Gasteiger partial charge in [-0.15, -0.1) is 0 Å². The Morgan fingerprint density at radius 3 is 2.69 bits per heavy atom. The van der Waals surface area contributed by atoms with Crippen LogP contribution in [0.3, 0.4) is 0 Å². The normalized spacial score (nSPS) is 26.5. The predicted octanol–water partition coefficient (Wildman–Crippen LogP) is 1.38. The summed E-state index contributed by atoms with van der Waals surface area (Å²) >= 11 is 0. The third kappa shape index (κ3) is 3.11. The number of nitrogens with one attached hydrogen (secondary N) is 1. The second kappa shape index (κ2) is 6.09. The van der Waals surface area contributed by atoms with E-state index in [4.69, 9.17) is 0 Å². The zero-order chi connectivity index (χ0) is 12.1. The van der Waals surface area contributed by atoms with E-state index in [0.717, 1.165) is 26.1 Å². The predicted molar refractivity (Wildman–Crippen MR) is 66.5 cm³/mol. The van der Waals surface area contributed by atoms with E-state index in [-0.39, 0.29) is 6.03 Å². The molecule has 0 saturated carbocycles. The summed E-state index contributed by atoms with van der Waals surface area (Å²) in [5.41, 5.74) is 0. The van der Waals surface area contributed by atoms with Crippen molar-refractivity contribution in [3.63, 3.8) is 0 Å². The Balaban J connectivity index is 2.51. The molecular formula is C12H25N3O. The van der Waals surface area contributed by atoms with E-state index < -0.39 is 0 Å². The molecule has 0 aromatic heterocycles. The van der Waals surface area contributed by atoms with Crippen molar-refractivity contribution in [2.24, 2.45) is 5.92 Å². The molecule has 1 fully saturated rings. The first-order chi connectivity index (χ1) is 7.60. The van der Waals surface area contributed by atoms with Crippen LogP contribution in [0.1, 0.15) is 27.2 Å². The van der Waals surface area contributed by atoms with Crippen molar-refractivity contribution in [3.05, 3.63) is 0 Å². The van der Waals surface area contributed by atoms with Gasteiger partial charge in [0.15, 0.2) is 0 Å². The number of carbonyl (C=O) groups is 1. The standard InChI is InChI=1S/C12H25N3O/c1-5-13-12(16)14(4)11-7-8-15(6-2)9-10(11)3/h10-11H,5-9H2,1-4H3,(H,13,16). The summed E-state index contributed by atoms with van der Waals surface area (Å²) in [4.78, 5) is 16.1. The van der Waals surface area contributed by atoms with Crippen LogP contribution in [0.2, 0.25) is 0 Å². The number of rotatable bonds is 3. The number of hydrogen-bond acceptors (Lipinski definition) is 2. The van der Waals surface area contributed by atoms with Gasteiger partial charge in [-0.25, -0.2) is 4.79 Å². The van der Waals surface area contributed by atoms with Gasteiger partial charge in [-0.3, -0.25) is 0 Å². The Bertz CT molecular complexity index is 232. The Morgan fingerprint density at radius 1 is 1.50 bits per heavy atom. The molecule has 4 heteroatoms. The third-order valence-corrected chi connectivity index (χ3v) is 3.54. The van der Waals surface area contributed by atoms with Crippen LogP contribution in [0.15, 0.2) is 0 Å². The summed E-state index contributed by atoms with van der Waals surface area (Å²) in [5, 5.41) is 2.86. The average Bonchev–Trinajstić information content (AvgIpc) is 2.28. The van der Waals surface area contributed by atoms with Gasteiger partial charge >= 0.3 is 6.03 Å². The maximum absolute atomic E-state index is 11.7. The minimum absolute atomic E-state index is 0.0595. The highest BCUT2D eigenvalue weighted by molar-refractivity contribution is 5.74. The maximum Gasteiger partial charge on any atom is 0.317 e. The minimum atomic E-state index is 0.0595. The van der Waals surface area contributed by atoms with Crippen LogP contribution in [-0.2, 0) is 0 Å². The van der Waals surface area contributed by atoms with E-state index in [1.807, 2.05) is 18.9 Å². The number of urea groups is 1. The maximum atomic E-state index is 11.7. The molecule has 2 unspecified atom stereocenters. The zero-order valence-electron chi connectivity index (χ0n) is 11.0. The van der Waals surface area contributed by atoms with E-state index in [9.17, 15) is 4.79 Å². The van der Waals surface area contributed by atoms with Crippen LogP contribution in [0.25, 0.3) is 0 Å². The molecule has 2 atom stereocenters. The molecule has 0 aliphatic carbocycles. The zero-order valence-corrected chi connectivity index (χ0v) is 11.0. The highest BCUT2D eigenvalue weighted by Gasteiger charge is 2.30. The average molecular weight is 227 g/mol.